The Morgan fingerprint density at radius 1 is 1.14 bits per heavy atom. The summed E-state index contributed by atoms with van der Waals surface area (Å²) in [6.45, 7) is 11.2. The normalized spacial score (nSPS) is 25.2. The molecule has 1 heterocycles. The number of piperidine rings is 1. The molecule has 1 amide bonds. The summed E-state index contributed by atoms with van der Waals surface area (Å²) in [6.07, 6.45) is 3.50. The van der Waals surface area contributed by atoms with Gasteiger partial charge in [-0.25, -0.2) is 8.42 Å². The topological polar surface area (TPSA) is 66.5 Å². The lowest BCUT2D eigenvalue weighted by atomic mass is 10.1. The van der Waals surface area contributed by atoms with Gasteiger partial charge in [0.15, 0.2) is 0 Å². The molecule has 2 fully saturated rings. The van der Waals surface area contributed by atoms with E-state index in [1.165, 1.54) is 9.88 Å². The maximum absolute atomic E-state index is 12.8. The third kappa shape index (κ3) is 4.18. The number of sulfonamides is 1. The smallest absolute Gasteiger partial charge is 0.243 e. The first kappa shape index (κ1) is 21.1. The van der Waals surface area contributed by atoms with Crippen molar-refractivity contribution in [1.29, 1.82) is 0 Å². The van der Waals surface area contributed by atoms with Crippen LogP contribution in [0.25, 0.3) is 0 Å². The summed E-state index contributed by atoms with van der Waals surface area (Å²) in [5.74, 6) is 0.406. The molecule has 1 saturated carbocycles. The molecule has 0 bridgehead atoms. The van der Waals surface area contributed by atoms with E-state index in [9.17, 15) is 13.2 Å². The van der Waals surface area contributed by atoms with Crippen LogP contribution in [0.5, 0.6) is 0 Å². The summed E-state index contributed by atoms with van der Waals surface area (Å²) < 4.78 is 27.2. The highest BCUT2D eigenvalue weighted by atomic mass is 32.2. The number of allylic oxidation sites excluding steroid dienone is 2. The average Bonchev–Trinajstić information content (AvgIpc) is 3.15. The largest absolute Gasteiger partial charge is 0.353 e. The molecule has 154 valence electrons. The second kappa shape index (κ2) is 7.64. The summed E-state index contributed by atoms with van der Waals surface area (Å²) in [6, 6.07) is 7.01. The number of carbonyl (C=O) groups is 1. The molecule has 0 spiro atoms. The van der Waals surface area contributed by atoms with Gasteiger partial charge >= 0.3 is 0 Å². The molecule has 1 aliphatic carbocycles. The number of aryl methyl sites for hydroxylation is 1. The first-order chi connectivity index (χ1) is 13.0. The van der Waals surface area contributed by atoms with Gasteiger partial charge < -0.3 is 5.32 Å². The molecule has 0 aromatic heterocycles. The number of hydrogen-bond acceptors (Lipinski definition) is 3. The van der Waals surface area contributed by atoms with Gasteiger partial charge in [-0.05, 0) is 57.1 Å². The number of rotatable bonds is 5. The lowest BCUT2D eigenvalue weighted by Crippen LogP contribution is -2.47. The fraction of sp³-hybridized carbons (Fsp3) is 0.591. The van der Waals surface area contributed by atoms with Crippen LogP contribution in [0.3, 0.4) is 0 Å². The fourth-order valence-electron chi connectivity index (χ4n) is 4.24. The number of hydrogen-bond donors (Lipinski definition) is 1. The van der Waals surface area contributed by atoms with Crippen molar-refractivity contribution in [1.82, 2.24) is 9.62 Å². The molecule has 3 rings (SSSR count). The maximum atomic E-state index is 12.8. The maximum Gasteiger partial charge on any atom is 0.243 e. The Balaban J connectivity index is 1.57. The van der Waals surface area contributed by atoms with Gasteiger partial charge in [-0.2, -0.15) is 4.31 Å². The molecular formula is C22H32N2O3S. The highest BCUT2D eigenvalue weighted by Crippen LogP contribution is 2.59. The van der Waals surface area contributed by atoms with Crippen LogP contribution in [0, 0.1) is 24.2 Å². The lowest BCUT2D eigenvalue weighted by molar-refractivity contribution is -0.124. The van der Waals surface area contributed by atoms with Crippen molar-refractivity contribution in [3.05, 3.63) is 41.5 Å². The molecule has 6 heteroatoms. The van der Waals surface area contributed by atoms with Gasteiger partial charge in [0.05, 0.1) is 10.8 Å². The van der Waals surface area contributed by atoms with Gasteiger partial charge in [-0.1, -0.05) is 43.2 Å². The van der Waals surface area contributed by atoms with Crippen molar-refractivity contribution in [3.8, 4) is 0 Å². The number of nitrogens with zero attached hydrogens (tertiary/aromatic N) is 1. The van der Waals surface area contributed by atoms with Crippen molar-refractivity contribution in [2.45, 2.75) is 58.4 Å². The molecule has 1 N–H and O–H groups in total. The minimum Gasteiger partial charge on any atom is -0.353 e. The molecule has 2 aliphatic rings. The van der Waals surface area contributed by atoms with Crippen LogP contribution in [-0.4, -0.2) is 37.8 Å². The lowest BCUT2D eigenvalue weighted by Gasteiger charge is -2.31. The Morgan fingerprint density at radius 2 is 1.71 bits per heavy atom. The second-order valence-corrected chi connectivity index (χ2v) is 11.0. The third-order valence-corrected chi connectivity index (χ3v) is 8.08. The Labute approximate surface area is 169 Å². The Morgan fingerprint density at radius 3 is 2.25 bits per heavy atom. The summed E-state index contributed by atoms with van der Waals surface area (Å²) in [7, 11) is -3.46. The van der Waals surface area contributed by atoms with E-state index in [1.54, 1.807) is 12.1 Å². The molecule has 1 saturated heterocycles. The van der Waals surface area contributed by atoms with Crippen LogP contribution < -0.4 is 5.32 Å². The predicted molar refractivity (Wildman–Crippen MR) is 111 cm³/mol. The first-order valence-corrected chi connectivity index (χ1v) is 11.5. The van der Waals surface area contributed by atoms with E-state index in [0.29, 0.717) is 36.7 Å². The molecule has 1 aromatic rings. The monoisotopic (exact) mass is 404 g/mol. The fourth-order valence-corrected chi connectivity index (χ4v) is 5.71. The summed E-state index contributed by atoms with van der Waals surface area (Å²) in [5, 5.41) is 3.17. The van der Waals surface area contributed by atoms with Crippen molar-refractivity contribution >= 4 is 15.9 Å². The van der Waals surface area contributed by atoms with Crippen molar-refractivity contribution in [2.75, 3.05) is 13.1 Å². The molecule has 5 nitrogen and oxygen atoms in total. The van der Waals surface area contributed by atoms with Gasteiger partial charge in [0, 0.05) is 19.1 Å². The van der Waals surface area contributed by atoms with Gasteiger partial charge in [-0.3, -0.25) is 4.79 Å². The third-order valence-electron chi connectivity index (χ3n) is 6.17. The van der Waals surface area contributed by atoms with E-state index in [-0.39, 0.29) is 23.3 Å². The van der Waals surface area contributed by atoms with Crippen LogP contribution in [0.1, 0.15) is 46.1 Å². The number of carbonyl (C=O) groups excluding carboxylic acids is 1. The van der Waals surface area contributed by atoms with E-state index in [0.717, 1.165) is 5.56 Å². The molecule has 0 unspecified atom stereocenters. The minimum atomic E-state index is -3.46. The molecule has 28 heavy (non-hydrogen) atoms. The van der Waals surface area contributed by atoms with Gasteiger partial charge in [0.1, 0.15) is 0 Å². The van der Waals surface area contributed by atoms with Crippen molar-refractivity contribution in [3.63, 3.8) is 0 Å². The zero-order chi connectivity index (χ0) is 20.7. The molecule has 1 aliphatic heterocycles. The second-order valence-electron chi connectivity index (χ2n) is 9.07. The Hall–Kier alpha value is -1.66. The van der Waals surface area contributed by atoms with Gasteiger partial charge in [-0.15, -0.1) is 0 Å². The molecular weight excluding hydrogens is 372 g/mol. The quantitative estimate of drug-likeness (QED) is 0.764. The van der Waals surface area contributed by atoms with E-state index in [1.807, 2.05) is 19.1 Å². The Kier molecular flexibility index (Phi) is 5.74. The number of benzene rings is 1. The van der Waals surface area contributed by atoms with Crippen LogP contribution in [0.15, 0.2) is 40.8 Å². The molecule has 2 atom stereocenters. The zero-order valence-electron chi connectivity index (χ0n) is 17.5. The number of amides is 1. The first-order valence-electron chi connectivity index (χ1n) is 10.1. The van der Waals surface area contributed by atoms with Crippen LogP contribution >= 0.6 is 0 Å². The summed E-state index contributed by atoms with van der Waals surface area (Å²) in [5.41, 5.74) is 2.27. The standard InChI is InChI=1S/C22H32N2O3S/c1-15(2)14-19-20(22(19,4)5)21(25)23-17-10-12-24(13-11-17)28(26,27)18-8-6-16(3)7-9-18/h6-9,14,17,19-20H,10-13H2,1-5H3,(H,23,25)/t19-,20-/m1/s1. The summed E-state index contributed by atoms with van der Waals surface area (Å²) >= 11 is 0. The highest BCUT2D eigenvalue weighted by molar-refractivity contribution is 7.89. The van der Waals surface area contributed by atoms with Crippen LogP contribution in [0.4, 0.5) is 0 Å². The van der Waals surface area contributed by atoms with E-state index < -0.39 is 10.0 Å². The highest BCUT2D eigenvalue weighted by Gasteiger charge is 2.60. The molecule has 1 aromatic carbocycles. The van der Waals surface area contributed by atoms with E-state index in [4.69, 9.17) is 0 Å². The SMILES string of the molecule is CC(C)=C[C@@H]1[C@H](C(=O)NC2CCN(S(=O)(=O)c3ccc(C)cc3)CC2)C1(C)C. The summed E-state index contributed by atoms with van der Waals surface area (Å²) in [4.78, 5) is 13.1. The van der Waals surface area contributed by atoms with E-state index in [2.05, 4.69) is 39.1 Å². The minimum absolute atomic E-state index is 0.00314. The predicted octanol–water partition coefficient (Wildman–Crippen LogP) is 3.50. The van der Waals surface area contributed by atoms with Crippen LogP contribution in [-0.2, 0) is 14.8 Å². The van der Waals surface area contributed by atoms with Gasteiger partial charge in [0.2, 0.25) is 15.9 Å². The van der Waals surface area contributed by atoms with Crippen LogP contribution in [0.2, 0.25) is 0 Å². The molecule has 0 radical (unpaired) electrons. The average molecular weight is 405 g/mol. The van der Waals surface area contributed by atoms with Gasteiger partial charge in [0.25, 0.3) is 0 Å². The van der Waals surface area contributed by atoms with Crippen molar-refractivity contribution in [2.24, 2.45) is 17.3 Å². The van der Waals surface area contributed by atoms with E-state index >= 15 is 0 Å². The zero-order valence-corrected chi connectivity index (χ0v) is 18.3. The van der Waals surface area contributed by atoms with Crippen molar-refractivity contribution < 1.29 is 13.2 Å². The Bertz CT molecular complexity index is 860. The number of nitrogens with one attached hydrogen (secondary N) is 1.